The molecule has 162 valence electrons. The van der Waals surface area contributed by atoms with Crippen molar-refractivity contribution < 1.29 is 9.53 Å². The molecule has 4 aliphatic heterocycles. The van der Waals surface area contributed by atoms with E-state index >= 15 is 0 Å². The average Bonchev–Trinajstić information content (AvgIpc) is 3.42. The summed E-state index contributed by atoms with van der Waals surface area (Å²) in [6.45, 7) is 4.39. The van der Waals surface area contributed by atoms with Crippen LogP contribution in [0.15, 0.2) is 47.5 Å². The van der Waals surface area contributed by atoms with Crippen LogP contribution in [0.5, 0.6) is 0 Å². The molecular formula is C23H27N5O3. The summed E-state index contributed by atoms with van der Waals surface area (Å²) >= 11 is 0. The second-order valence-electron chi connectivity index (χ2n) is 8.41. The first-order valence-electron chi connectivity index (χ1n) is 10.9. The van der Waals surface area contributed by atoms with Gasteiger partial charge in [-0.15, -0.1) is 0 Å². The Morgan fingerprint density at radius 3 is 2.61 bits per heavy atom. The van der Waals surface area contributed by atoms with Gasteiger partial charge in [0.25, 0.3) is 11.5 Å². The van der Waals surface area contributed by atoms with Crippen molar-refractivity contribution in [3.8, 4) is 16.9 Å². The molecule has 8 heteroatoms. The third kappa shape index (κ3) is 3.88. The molecule has 31 heavy (non-hydrogen) atoms. The average molecular weight is 422 g/mol. The minimum Gasteiger partial charge on any atom is -0.376 e. The predicted octanol–water partition coefficient (Wildman–Crippen LogP) is 1.71. The van der Waals surface area contributed by atoms with Gasteiger partial charge >= 0.3 is 0 Å². The number of pyridine rings is 1. The number of piperazine rings is 1. The Hall–Kier alpha value is -2.97. The largest absolute Gasteiger partial charge is 0.376 e. The standard InChI is InChI=1S/C23H27N5O3/c1-25-9-11-27(12-10-25)22(29)19-15-26(14-18-8-5-13-31-18)16-20-21(19)24-28(23(20)30)17-6-3-2-4-7-17/h2-4,6-7,15-16,18H,5,8-14H2,1H3/t18-/m1/s1. The van der Waals surface area contributed by atoms with E-state index in [1.54, 1.807) is 0 Å². The summed E-state index contributed by atoms with van der Waals surface area (Å²) in [6.07, 6.45) is 5.78. The van der Waals surface area contributed by atoms with E-state index in [-0.39, 0.29) is 17.6 Å². The molecule has 2 fully saturated rings. The summed E-state index contributed by atoms with van der Waals surface area (Å²) in [6, 6.07) is 9.32. The van der Waals surface area contributed by atoms with E-state index in [0.29, 0.717) is 42.1 Å². The van der Waals surface area contributed by atoms with Crippen LogP contribution in [0.2, 0.25) is 0 Å². The van der Waals surface area contributed by atoms with Crippen LogP contribution < -0.4 is 5.56 Å². The zero-order valence-corrected chi connectivity index (χ0v) is 17.7. The van der Waals surface area contributed by atoms with Crippen molar-refractivity contribution in [2.75, 3.05) is 39.8 Å². The molecular weight excluding hydrogens is 394 g/mol. The number of hydrogen-bond donors (Lipinski definition) is 0. The van der Waals surface area contributed by atoms with Gasteiger partial charge in [-0.2, -0.15) is 9.78 Å². The molecule has 4 heterocycles. The highest BCUT2D eigenvalue weighted by Crippen LogP contribution is 2.25. The van der Waals surface area contributed by atoms with Crippen molar-refractivity contribution in [2.45, 2.75) is 25.5 Å². The van der Waals surface area contributed by atoms with E-state index in [1.165, 1.54) is 4.68 Å². The van der Waals surface area contributed by atoms with Crippen LogP contribution in [-0.2, 0) is 11.3 Å². The zero-order valence-electron chi connectivity index (χ0n) is 17.7. The molecule has 0 aromatic heterocycles. The van der Waals surface area contributed by atoms with E-state index in [1.807, 2.05) is 52.2 Å². The smallest absolute Gasteiger partial charge is 0.282 e. The maximum atomic E-state index is 13.5. The first-order chi connectivity index (χ1) is 15.1. The highest BCUT2D eigenvalue weighted by molar-refractivity contribution is 6.00. The molecule has 5 rings (SSSR count). The molecule has 4 aliphatic rings. The van der Waals surface area contributed by atoms with Crippen LogP contribution in [-0.4, -0.2) is 76.0 Å². The van der Waals surface area contributed by atoms with Crippen LogP contribution in [0.25, 0.3) is 16.9 Å². The number of fused-ring (bicyclic) bond motifs is 1. The van der Waals surface area contributed by atoms with Gasteiger partial charge in [-0.25, -0.2) is 0 Å². The number of hydrogen-bond acceptors (Lipinski definition) is 5. The summed E-state index contributed by atoms with van der Waals surface area (Å²) in [7, 11) is 2.06. The Morgan fingerprint density at radius 2 is 1.90 bits per heavy atom. The van der Waals surface area contributed by atoms with Crippen molar-refractivity contribution in [3.05, 3.63) is 58.6 Å². The number of rotatable bonds is 4. The molecule has 0 bridgehead atoms. The summed E-state index contributed by atoms with van der Waals surface area (Å²) in [5.74, 6) is -0.0718. The summed E-state index contributed by atoms with van der Waals surface area (Å²) in [5.41, 5.74) is 1.87. The van der Waals surface area contributed by atoms with Gasteiger partial charge in [-0.1, -0.05) is 18.2 Å². The maximum Gasteiger partial charge on any atom is 0.282 e. The molecule has 0 saturated carbocycles. The molecule has 0 radical (unpaired) electrons. The Morgan fingerprint density at radius 1 is 1.13 bits per heavy atom. The Balaban J connectivity index is 1.59. The zero-order chi connectivity index (χ0) is 21.4. The topological polar surface area (TPSA) is 72.6 Å². The van der Waals surface area contributed by atoms with Crippen molar-refractivity contribution in [1.82, 2.24) is 24.1 Å². The number of aromatic nitrogens is 3. The van der Waals surface area contributed by atoms with Gasteiger partial charge in [-0.3, -0.25) is 9.59 Å². The molecule has 1 aromatic carbocycles. The molecule has 2 saturated heterocycles. The Labute approximate surface area is 181 Å². The SMILES string of the molecule is CN1CCN(C(=O)c2cn(C[C@H]3CCCO3)cc3c(=O)n(-c4ccccc4)nc2-3)CC1. The van der Waals surface area contributed by atoms with Gasteiger partial charge in [0.1, 0.15) is 5.69 Å². The monoisotopic (exact) mass is 421 g/mol. The van der Waals surface area contributed by atoms with Crippen LogP contribution in [0.3, 0.4) is 0 Å². The number of benzene rings is 1. The number of carbonyl (C=O) groups is 1. The minimum atomic E-state index is -0.213. The molecule has 0 aliphatic carbocycles. The van der Waals surface area contributed by atoms with Crippen LogP contribution in [0.4, 0.5) is 0 Å². The van der Waals surface area contributed by atoms with E-state index in [9.17, 15) is 9.59 Å². The summed E-state index contributed by atoms with van der Waals surface area (Å²) in [5, 5.41) is 4.59. The molecule has 0 N–H and O–H groups in total. The number of nitrogens with zero attached hydrogens (tertiary/aromatic N) is 5. The lowest BCUT2D eigenvalue weighted by Crippen LogP contribution is -2.47. The predicted molar refractivity (Wildman–Crippen MR) is 117 cm³/mol. The summed E-state index contributed by atoms with van der Waals surface area (Å²) < 4.78 is 9.10. The molecule has 1 aromatic rings. The van der Waals surface area contributed by atoms with E-state index in [4.69, 9.17) is 4.74 Å². The van der Waals surface area contributed by atoms with Crippen molar-refractivity contribution >= 4 is 5.91 Å². The molecule has 1 atom stereocenters. The van der Waals surface area contributed by atoms with E-state index in [0.717, 1.165) is 32.5 Å². The molecule has 8 nitrogen and oxygen atoms in total. The molecule has 1 amide bonds. The highest BCUT2D eigenvalue weighted by Gasteiger charge is 2.29. The van der Waals surface area contributed by atoms with Crippen LogP contribution in [0, 0.1) is 0 Å². The quantitative estimate of drug-likeness (QED) is 0.641. The fourth-order valence-corrected chi connectivity index (χ4v) is 4.37. The number of carbonyl (C=O) groups excluding carboxylic acids is 1. The fraction of sp³-hybridized carbons (Fsp3) is 0.435. The lowest BCUT2D eigenvalue weighted by molar-refractivity contribution is 0.0662. The van der Waals surface area contributed by atoms with Gasteiger partial charge in [0.15, 0.2) is 0 Å². The van der Waals surface area contributed by atoms with Crippen molar-refractivity contribution in [1.29, 1.82) is 0 Å². The Kier molecular flexibility index (Phi) is 5.33. The normalized spacial score (nSPS) is 19.9. The van der Waals surface area contributed by atoms with Gasteiger partial charge in [0.05, 0.1) is 22.9 Å². The van der Waals surface area contributed by atoms with Gasteiger partial charge < -0.3 is 19.1 Å². The van der Waals surface area contributed by atoms with Crippen molar-refractivity contribution in [3.63, 3.8) is 0 Å². The minimum absolute atomic E-state index is 0.0718. The van der Waals surface area contributed by atoms with E-state index < -0.39 is 0 Å². The lowest BCUT2D eigenvalue weighted by atomic mass is 10.1. The number of amides is 1. The number of ether oxygens (including phenoxy) is 1. The third-order valence-electron chi connectivity index (χ3n) is 6.18. The first kappa shape index (κ1) is 20.0. The Bertz CT molecular complexity index is 1090. The number of likely N-dealkylation sites (N-methyl/N-ethyl adjacent to an activating group) is 1. The molecule has 0 spiro atoms. The summed E-state index contributed by atoms with van der Waals surface area (Å²) in [4.78, 5) is 30.8. The third-order valence-corrected chi connectivity index (χ3v) is 6.18. The van der Waals surface area contributed by atoms with Gasteiger partial charge in [0, 0.05) is 51.7 Å². The number of para-hydroxylation sites is 1. The van der Waals surface area contributed by atoms with Gasteiger partial charge in [0.2, 0.25) is 0 Å². The maximum absolute atomic E-state index is 13.5. The van der Waals surface area contributed by atoms with Crippen LogP contribution >= 0.6 is 0 Å². The second-order valence-corrected chi connectivity index (χ2v) is 8.41. The second kappa shape index (κ2) is 8.28. The fourth-order valence-electron chi connectivity index (χ4n) is 4.37. The molecule has 0 unspecified atom stereocenters. The van der Waals surface area contributed by atoms with Crippen molar-refractivity contribution in [2.24, 2.45) is 0 Å². The lowest BCUT2D eigenvalue weighted by Gasteiger charge is -2.32. The van der Waals surface area contributed by atoms with Crippen LogP contribution in [0.1, 0.15) is 23.2 Å². The first-order valence-corrected chi connectivity index (χ1v) is 10.9. The van der Waals surface area contributed by atoms with E-state index in [2.05, 4.69) is 17.0 Å². The highest BCUT2D eigenvalue weighted by atomic mass is 16.5. The van der Waals surface area contributed by atoms with Gasteiger partial charge in [-0.05, 0) is 32.0 Å².